The van der Waals surface area contributed by atoms with Gasteiger partial charge in [-0.25, -0.2) is 9.97 Å². The maximum absolute atomic E-state index is 12.5. The second kappa shape index (κ2) is 8.62. The Morgan fingerprint density at radius 2 is 2.08 bits per heavy atom. The van der Waals surface area contributed by atoms with Gasteiger partial charge in [0.15, 0.2) is 0 Å². The number of hydrogen-bond donors (Lipinski definition) is 2. The lowest BCUT2D eigenvalue weighted by Gasteiger charge is -2.32. The van der Waals surface area contributed by atoms with Gasteiger partial charge < -0.3 is 20.1 Å². The van der Waals surface area contributed by atoms with Gasteiger partial charge in [-0.2, -0.15) is 0 Å². The lowest BCUT2D eigenvalue weighted by Crippen LogP contribution is -2.44. The molecule has 2 heterocycles. The lowest BCUT2D eigenvalue weighted by molar-refractivity contribution is -0.125. The second-order valence-corrected chi connectivity index (χ2v) is 6.37. The molecule has 2 aromatic rings. The number of nitrogens with one attached hydrogen (secondary N) is 1. The van der Waals surface area contributed by atoms with Crippen molar-refractivity contribution in [3.8, 4) is 5.75 Å². The van der Waals surface area contributed by atoms with E-state index in [0.717, 1.165) is 30.7 Å². The zero-order valence-electron chi connectivity index (χ0n) is 14.8. The van der Waals surface area contributed by atoms with Crippen molar-refractivity contribution in [1.29, 1.82) is 0 Å². The van der Waals surface area contributed by atoms with Gasteiger partial charge in [-0.1, -0.05) is 12.1 Å². The summed E-state index contributed by atoms with van der Waals surface area (Å²) in [5, 5.41) is 13.1. The Labute approximate surface area is 153 Å². The van der Waals surface area contributed by atoms with Crippen molar-refractivity contribution in [3.05, 3.63) is 48.3 Å². The van der Waals surface area contributed by atoms with E-state index in [-0.39, 0.29) is 18.4 Å². The summed E-state index contributed by atoms with van der Waals surface area (Å²) in [5.74, 6) is 1.22. The molecule has 2 unspecified atom stereocenters. The standard InChI is InChI=1S/C19H24N4O3/c1-26-16-7-5-14(6-8-16)17(24)12-22-18(25)15-4-2-11-23(13-15)19-20-9-3-10-21-19/h3,5-10,15,17,24H,2,4,11-13H2,1H3,(H,22,25). The molecule has 1 aliphatic rings. The molecule has 7 heteroatoms. The number of ether oxygens (including phenoxy) is 1. The summed E-state index contributed by atoms with van der Waals surface area (Å²) >= 11 is 0. The fourth-order valence-electron chi connectivity index (χ4n) is 3.11. The van der Waals surface area contributed by atoms with Crippen molar-refractivity contribution >= 4 is 11.9 Å². The summed E-state index contributed by atoms with van der Waals surface area (Å²) in [6, 6.07) is 8.95. The first-order chi connectivity index (χ1) is 12.7. The van der Waals surface area contributed by atoms with Crippen LogP contribution in [0.1, 0.15) is 24.5 Å². The van der Waals surface area contributed by atoms with Crippen LogP contribution in [0, 0.1) is 5.92 Å². The summed E-state index contributed by atoms with van der Waals surface area (Å²) in [6.45, 7) is 1.63. The molecule has 2 atom stereocenters. The maximum atomic E-state index is 12.5. The summed E-state index contributed by atoms with van der Waals surface area (Å²) in [5.41, 5.74) is 0.744. The summed E-state index contributed by atoms with van der Waals surface area (Å²) < 4.78 is 5.11. The predicted octanol–water partition coefficient (Wildman–Crippen LogP) is 1.55. The van der Waals surface area contributed by atoms with E-state index < -0.39 is 6.10 Å². The molecule has 1 saturated heterocycles. The smallest absolute Gasteiger partial charge is 0.225 e. The van der Waals surface area contributed by atoms with E-state index in [4.69, 9.17) is 4.74 Å². The van der Waals surface area contributed by atoms with Gasteiger partial charge in [0.05, 0.1) is 19.1 Å². The number of piperidine rings is 1. The van der Waals surface area contributed by atoms with Gasteiger partial charge >= 0.3 is 0 Å². The zero-order valence-corrected chi connectivity index (χ0v) is 14.8. The minimum absolute atomic E-state index is 0.0433. The topological polar surface area (TPSA) is 87.6 Å². The van der Waals surface area contributed by atoms with Crippen LogP contribution in [0.3, 0.4) is 0 Å². The van der Waals surface area contributed by atoms with E-state index in [2.05, 4.69) is 15.3 Å². The largest absolute Gasteiger partial charge is 0.497 e. The monoisotopic (exact) mass is 356 g/mol. The first kappa shape index (κ1) is 18.1. The van der Waals surface area contributed by atoms with E-state index >= 15 is 0 Å². The van der Waals surface area contributed by atoms with Crippen molar-refractivity contribution in [2.24, 2.45) is 5.92 Å². The summed E-state index contributed by atoms with van der Waals surface area (Å²) in [4.78, 5) is 23.1. The maximum Gasteiger partial charge on any atom is 0.225 e. The van der Waals surface area contributed by atoms with Crippen LogP contribution in [0.25, 0.3) is 0 Å². The molecule has 0 radical (unpaired) electrons. The van der Waals surface area contributed by atoms with E-state index in [1.165, 1.54) is 0 Å². The van der Waals surface area contributed by atoms with E-state index in [9.17, 15) is 9.90 Å². The first-order valence-electron chi connectivity index (χ1n) is 8.79. The van der Waals surface area contributed by atoms with Crippen LogP contribution in [0.2, 0.25) is 0 Å². The fourth-order valence-corrected chi connectivity index (χ4v) is 3.11. The van der Waals surface area contributed by atoms with Crippen molar-refractivity contribution in [1.82, 2.24) is 15.3 Å². The van der Waals surface area contributed by atoms with Gasteiger partial charge in [0.2, 0.25) is 11.9 Å². The Morgan fingerprint density at radius 3 is 2.77 bits per heavy atom. The molecule has 1 aliphatic heterocycles. The number of amides is 1. The Kier molecular flexibility index (Phi) is 6.01. The second-order valence-electron chi connectivity index (χ2n) is 6.37. The molecule has 2 N–H and O–H groups in total. The van der Waals surface area contributed by atoms with E-state index in [1.807, 2.05) is 4.90 Å². The molecule has 0 bridgehead atoms. The average Bonchev–Trinajstić information content (AvgIpc) is 2.72. The number of rotatable bonds is 6. The predicted molar refractivity (Wildman–Crippen MR) is 97.9 cm³/mol. The lowest BCUT2D eigenvalue weighted by atomic mass is 9.97. The fraction of sp³-hybridized carbons (Fsp3) is 0.421. The van der Waals surface area contributed by atoms with Crippen molar-refractivity contribution in [3.63, 3.8) is 0 Å². The average molecular weight is 356 g/mol. The molecule has 1 aromatic heterocycles. The molecule has 1 fully saturated rings. The van der Waals surface area contributed by atoms with E-state index in [1.54, 1.807) is 49.8 Å². The van der Waals surface area contributed by atoms with Gasteiger partial charge in [0.1, 0.15) is 5.75 Å². The number of hydrogen-bond acceptors (Lipinski definition) is 6. The number of aromatic nitrogens is 2. The number of aliphatic hydroxyl groups excluding tert-OH is 1. The summed E-state index contributed by atoms with van der Waals surface area (Å²) in [7, 11) is 1.60. The third kappa shape index (κ3) is 4.49. The van der Waals surface area contributed by atoms with Crippen LogP contribution >= 0.6 is 0 Å². The molecule has 0 aliphatic carbocycles. The Hall–Kier alpha value is -2.67. The molecule has 26 heavy (non-hydrogen) atoms. The highest BCUT2D eigenvalue weighted by Gasteiger charge is 2.27. The SMILES string of the molecule is COc1ccc(C(O)CNC(=O)C2CCCN(c3ncccn3)C2)cc1. The Bertz CT molecular complexity index is 708. The van der Waals surface area contributed by atoms with Crippen LogP contribution < -0.4 is 15.0 Å². The zero-order chi connectivity index (χ0) is 18.4. The minimum Gasteiger partial charge on any atom is -0.497 e. The molecule has 0 spiro atoms. The van der Waals surface area contributed by atoms with Crippen LogP contribution in [0.15, 0.2) is 42.7 Å². The van der Waals surface area contributed by atoms with Gasteiger partial charge in [0.25, 0.3) is 0 Å². The number of carbonyl (C=O) groups excluding carboxylic acids is 1. The number of methoxy groups -OCH3 is 1. The summed E-state index contributed by atoms with van der Waals surface area (Å²) in [6.07, 6.45) is 4.40. The van der Waals surface area contributed by atoms with Crippen LogP contribution in [0.5, 0.6) is 5.75 Å². The third-order valence-electron chi connectivity index (χ3n) is 4.60. The molecular formula is C19H24N4O3. The molecule has 0 saturated carbocycles. The minimum atomic E-state index is -0.748. The Balaban J connectivity index is 1.52. The quantitative estimate of drug-likeness (QED) is 0.817. The third-order valence-corrected chi connectivity index (χ3v) is 4.60. The molecule has 7 nitrogen and oxygen atoms in total. The number of anilines is 1. The van der Waals surface area contributed by atoms with E-state index in [0.29, 0.717) is 12.5 Å². The molecule has 1 aromatic carbocycles. The Morgan fingerprint density at radius 1 is 1.35 bits per heavy atom. The molecule has 138 valence electrons. The highest BCUT2D eigenvalue weighted by molar-refractivity contribution is 5.79. The van der Waals surface area contributed by atoms with Crippen LogP contribution in [-0.2, 0) is 4.79 Å². The first-order valence-corrected chi connectivity index (χ1v) is 8.79. The number of carbonyl (C=O) groups is 1. The molecular weight excluding hydrogens is 332 g/mol. The molecule has 3 rings (SSSR count). The highest BCUT2D eigenvalue weighted by Crippen LogP contribution is 2.21. The number of benzene rings is 1. The van der Waals surface area contributed by atoms with Gasteiger partial charge in [-0.05, 0) is 36.6 Å². The van der Waals surface area contributed by atoms with Gasteiger partial charge in [-0.15, -0.1) is 0 Å². The van der Waals surface area contributed by atoms with Gasteiger partial charge in [0, 0.05) is 32.0 Å². The molecule has 1 amide bonds. The van der Waals surface area contributed by atoms with Crippen molar-refractivity contribution in [2.75, 3.05) is 31.6 Å². The van der Waals surface area contributed by atoms with Crippen molar-refractivity contribution in [2.45, 2.75) is 18.9 Å². The number of nitrogens with zero attached hydrogens (tertiary/aromatic N) is 3. The normalized spacial score (nSPS) is 18.2. The number of aliphatic hydroxyl groups is 1. The van der Waals surface area contributed by atoms with Crippen LogP contribution in [0.4, 0.5) is 5.95 Å². The highest BCUT2D eigenvalue weighted by atomic mass is 16.5. The van der Waals surface area contributed by atoms with Crippen molar-refractivity contribution < 1.29 is 14.6 Å². The van der Waals surface area contributed by atoms with Crippen LogP contribution in [-0.4, -0.2) is 47.7 Å². The van der Waals surface area contributed by atoms with Gasteiger partial charge in [-0.3, -0.25) is 4.79 Å².